The van der Waals surface area contributed by atoms with Crippen molar-refractivity contribution in [1.29, 1.82) is 0 Å². The predicted molar refractivity (Wildman–Crippen MR) is 47.4 cm³/mol. The molecule has 0 aliphatic carbocycles. The zero-order valence-electron chi connectivity index (χ0n) is 7.83. The van der Waals surface area contributed by atoms with Crippen molar-refractivity contribution in [2.24, 2.45) is 5.84 Å². The minimum Gasteiger partial charge on any atom is -0.271 e. The van der Waals surface area contributed by atoms with Gasteiger partial charge >= 0.3 is 6.18 Å². The van der Waals surface area contributed by atoms with Gasteiger partial charge in [-0.1, -0.05) is 0 Å². The van der Waals surface area contributed by atoms with Gasteiger partial charge in [-0.2, -0.15) is 13.2 Å². The maximum absolute atomic E-state index is 12.0. The molecule has 0 aliphatic rings. The fourth-order valence-electron chi connectivity index (χ4n) is 1.14. The second kappa shape index (κ2) is 5.04. The maximum atomic E-state index is 12.0. The fourth-order valence-corrected chi connectivity index (χ4v) is 1.14. The van der Waals surface area contributed by atoms with Crippen LogP contribution in [0.15, 0.2) is 18.7 Å². The van der Waals surface area contributed by atoms with E-state index >= 15 is 0 Å². The van der Waals surface area contributed by atoms with E-state index in [1.54, 1.807) is 0 Å². The summed E-state index contributed by atoms with van der Waals surface area (Å²) in [4.78, 5) is 7.42. The smallest absolute Gasteiger partial charge is 0.271 e. The number of halogens is 3. The molecule has 1 rings (SSSR count). The molecule has 3 N–H and O–H groups in total. The number of alkyl halides is 3. The minimum atomic E-state index is -4.18. The summed E-state index contributed by atoms with van der Waals surface area (Å²) < 4.78 is 35.9. The lowest BCUT2D eigenvalue weighted by molar-refractivity contribution is -0.136. The SMILES string of the molecule is NNC(CCC(F)(F)F)c1cncnc1. The van der Waals surface area contributed by atoms with Crippen LogP contribution in [0.3, 0.4) is 0 Å². The van der Waals surface area contributed by atoms with E-state index < -0.39 is 18.6 Å². The highest BCUT2D eigenvalue weighted by Crippen LogP contribution is 2.26. The first-order chi connectivity index (χ1) is 7.03. The molecule has 1 aromatic rings. The van der Waals surface area contributed by atoms with Crippen molar-refractivity contribution in [1.82, 2.24) is 15.4 Å². The lowest BCUT2D eigenvalue weighted by Gasteiger charge is -2.16. The third-order valence-corrected chi connectivity index (χ3v) is 1.90. The number of nitrogens with one attached hydrogen (secondary N) is 1. The van der Waals surface area contributed by atoms with E-state index in [1.807, 2.05) is 0 Å². The molecule has 1 unspecified atom stereocenters. The van der Waals surface area contributed by atoms with Gasteiger partial charge in [-0.3, -0.25) is 11.3 Å². The van der Waals surface area contributed by atoms with Gasteiger partial charge in [0, 0.05) is 30.4 Å². The molecule has 0 fully saturated rings. The van der Waals surface area contributed by atoms with Crippen LogP contribution in [-0.2, 0) is 0 Å². The Morgan fingerprint density at radius 3 is 2.40 bits per heavy atom. The highest BCUT2D eigenvalue weighted by molar-refractivity contribution is 5.08. The highest BCUT2D eigenvalue weighted by atomic mass is 19.4. The van der Waals surface area contributed by atoms with E-state index in [0.717, 1.165) is 0 Å². The average Bonchev–Trinajstić information content (AvgIpc) is 2.19. The van der Waals surface area contributed by atoms with Crippen molar-refractivity contribution in [2.75, 3.05) is 0 Å². The Bertz CT molecular complexity index is 288. The molecular weight excluding hydrogens is 209 g/mol. The first kappa shape index (κ1) is 11.9. The summed E-state index contributed by atoms with van der Waals surface area (Å²) in [6.07, 6.45) is -1.02. The van der Waals surface area contributed by atoms with Gasteiger partial charge in [0.1, 0.15) is 6.33 Å². The number of nitrogens with two attached hydrogens (primary N) is 1. The van der Waals surface area contributed by atoms with E-state index in [4.69, 9.17) is 5.84 Å². The van der Waals surface area contributed by atoms with Crippen LogP contribution in [0.1, 0.15) is 24.4 Å². The van der Waals surface area contributed by atoms with Crippen LogP contribution in [-0.4, -0.2) is 16.1 Å². The van der Waals surface area contributed by atoms with Crippen LogP contribution < -0.4 is 11.3 Å². The van der Waals surface area contributed by atoms with Crippen LogP contribution in [0.5, 0.6) is 0 Å². The number of hydrogen-bond acceptors (Lipinski definition) is 4. The fraction of sp³-hybridized carbons (Fsp3) is 0.500. The van der Waals surface area contributed by atoms with Gasteiger partial charge < -0.3 is 0 Å². The summed E-state index contributed by atoms with van der Waals surface area (Å²) in [5, 5.41) is 0. The Balaban J connectivity index is 2.58. The maximum Gasteiger partial charge on any atom is 0.389 e. The lowest BCUT2D eigenvalue weighted by atomic mass is 10.1. The standard InChI is InChI=1S/C8H11F3N4/c9-8(10,11)2-1-7(15-12)6-3-13-5-14-4-6/h3-5,7,15H,1-2,12H2. The third-order valence-electron chi connectivity index (χ3n) is 1.90. The average molecular weight is 220 g/mol. The minimum absolute atomic E-state index is 0.132. The monoisotopic (exact) mass is 220 g/mol. The van der Waals surface area contributed by atoms with E-state index in [9.17, 15) is 13.2 Å². The molecule has 0 radical (unpaired) electrons. The second-order valence-electron chi connectivity index (χ2n) is 3.04. The molecule has 1 atom stereocenters. The lowest BCUT2D eigenvalue weighted by Crippen LogP contribution is -2.29. The molecule has 0 aromatic carbocycles. The number of hydrazine groups is 1. The van der Waals surface area contributed by atoms with Crippen molar-refractivity contribution in [2.45, 2.75) is 25.1 Å². The number of nitrogens with zero attached hydrogens (tertiary/aromatic N) is 2. The van der Waals surface area contributed by atoms with Crippen molar-refractivity contribution in [3.05, 3.63) is 24.3 Å². The van der Waals surface area contributed by atoms with Gasteiger partial charge in [0.15, 0.2) is 0 Å². The number of hydrogen-bond donors (Lipinski definition) is 2. The van der Waals surface area contributed by atoms with Crippen LogP contribution in [0, 0.1) is 0 Å². The van der Waals surface area contributed by atoms with Crippen LogP contribution in [0.25, 0.3) is 0 Å². The molecule has 0 saturated carbocycles. The quantitative estimate of drug-likeness (QED) is 0.593. The Hall–Kier alpha value is -1.21. The summed E-state index contributed by atoms with van der Waals surface area (Å²) in [5.41, 5.74) is 2.86. The van der Waals surface area contributed by atoms with Crippen LogP contribution in [0.4, 0.5) is 13.2 Å². The van der Waals surface area contributed by atoms with Crippen molar-refractivity contribution < 1.29 is 13.2 Å². The largest absolute Gasteiger partial charge is 0.389 e. The van der Waals surface area contributed by atoms with Gasteiger partial charge in [-0.25, -0.2) is 9.97 Å². The zero-order valence-corrected chi connectivity index (χ0v) is 7.83. The van der Waals surface area contributed by atoms with Gasteiger partial charge in [-0.05, 0) is 6.42 Å². The molecule has 0 saturated heterocycles. The van der Waals surface area contributed by atoms with Crippen molar-refractivity contribution in [3.8, 4) is 0 Å². The first-order valence-electron chi connectivity index (χ1n) is 4.30. The molecule has 0 aliphatic heterocycles. The van der Waals surface area contributed by atoms with Gasteiger partial charge in [0.2, 0.25) is 0 Å². The molecule has 7 heteroatoms. The molecule has 0 amide bonds. The molecule has 4 nitrogen and oxygen atoms in total. The van der Waals surface area contributed by atoms with E-state index in [0.29, 0.717) is 5.56 Å². The molecule has 15 heavy (non-hydrogen) atoms. The topological polar surface area (TPSA) is 63.8 Å². The van der Waals surface area contributed by atoms with E-state index in [-0.39, 0.29) is 6.42 Å². The van der Waals surface area contributed by atoms with Gasteiger partial charge in [0.25, 0.3) is 0 Å². The number of rotatable bonds is 4. The molecule has 1 heterocycles. The zero-order chi connectivity index (χ0) is 11.3. The van der Waals surface area contributed by atoms with Crippen molar-refractivity contribution >= 4 is 0 Å². The van der Waals surface area contributed by atoms with E-state index in [1.165, 1.54) is 18.7 Å². The number of aromatic nitrogens is 2. The Labute approximate surface area is 84.7 Å². The molecule has 0 bridgehead atoms. The van der Waals surface area contributed by atoms with Crippen LogP contribution in [0.2, 0.25) is 0 Å². The first-order valence-corrected chi connectivity index (χ1v) is 4.30. The summed E-state index contributed by atoms with van der Waals surface area (Å²) in [7, 11) is 0. The summed E-state index contributed by atoms with van der Waals surface area (Å²) >= 11 is 0. The molecule has 0 spiro atoms. The van der Waals surface area contributed by atoms with Crippen molar-refractivity contribution in [3.63, 3.8) is 0 Å². The van der Waals surface area contributed by atoms with Crippen LogP contribution >= 0.6 is 0 Å². The second-order valence-corrected chi connectivity index (χ2v) is 3.04. The molecule has 84 valence electrons. The normalized spacial score (nSPS) is 13.9. The summed E-state index contributed by atoms with van der Waals surface area (Å²) in [6.45, 7) is 0. The van der Waals surface area contributed by atoms with Gasteiger partial charge in [-0.15, -0.1) is 0 Å². The predicted octanol–water partition coefficient (Wildman–Crippen LogP) is 1.32. The Morgan fingerprint density at radius 1 is 1.33 bits per heavy atom. The third kappa shape index (κ3) is 4.22. The molecular formula is C8H11F3N4. The highest BCUT2D eigenvalue weighted by Gasteiger charge is 2.28. The Kier molecular flexibility index (Phi) is 3.98. The Morgan fingerprint density at radius 2 is 1.93 bits per heavy atom. The summed E-state index contributed by atoms with van der Waals surface area (Å²) in [5.74, 6) is 5.16. The van der Waals surface area contributed by atoms with Gasteiger partial charge in [0.05, 0.1) is 0 Å². The summed E-state index contributed by atoms with van der Waals surface area (Å²) in [6, 6.07) is -0.576. The van der Waals surface area contributed by atoms with E-state index in [2.05, 4.69) is 15.4 Å². The molecule has 1 aromatic heterocycles.